The van der Waals surface area contributed by atoms with Gasteiger partial charge in [0.25, 0.3) is 0 Å². The van der Waals surface area contributed by atoms with Crippen LogP contribution in [0, 0.1) is 0 Å². The highest BCUT2D eigenvalue weighted by Gasteiger charge is 2.10. The van der Waals surface area contributed by atoms with Gasteiger partial charge in [-0.25, -0.2) is 0 Å². The van der Waals surface area contributed by atoms with E-state index in [2.05, 4.69) is 17.1 Å². The molecule has 17 heavy (non-hydrogen) atoms. The molecular weight excluding hydrogens is 254 g/mol. The van der Waals surface area contributed by atoms with Crippen LogP contribution in [0.4, 0.5) is 0 Å². The molecule has 0 unspecified atom stereocenters. The lowest BCUT2D eigenvalue weighted by Gasteiger charge is -2.03. The fraction of sp³-hybridized carbons (Fsp3) is 0.333. The maximum atomic E-state index is 5.87. The van der Waals surface area contributed by atoms with Crippen LogP contribution in [0.15, 0.2) is 29.4 Å². The van der Waals surface area contributed by atoms with Crippen LogP contribution in [-0.4, -0.2) is 20.5 Å². The predicted octanol–water partition coefficient (Wildman–Crippen LogP) is 3.64. The van der Waals surface area contributed by atoms with Crippen LogP contribution in [-0.2, 0) is 7.05 Å². The van der Waals surface area contributed by atoms with E-state index in [0.717, 1.165) is 33.7 Å². The Morgan fingerprint density at radius 1 is 1.24 bits per heavy atom. The molecule has 5 heteroatoms. The lowest BCUT2D eigenvalue weighted by molar-refractivity contribution is 0.793. The average Bonchev–Trinajstić information content (AvgIpc) is 2.69. The first-order valence-corrected chi connectivity index (χ1v) is 6.87. The van der Waals surface area contributed by atoms with Crippen LogP contribution in [0.5, 0.6) is 0 Å². The maximum absolute atomic E-state index is 5.87. The molecule has 0 bridgehead atoms. The van der Waals surface area contributed by atoms with Crippen molar-refractivity contribution in [2.45, 2.75) is 18.5 Å². The lowest BCUT2D eigenvalue weighted by Crippen LogP contribution is -1.94. The number of rotatable bonds is 4. The molecular formula is C12H14ClN3S. The molecule has 1 aromatic carbocycles. The van der Waals surface area contributed by atoms with Crippen molar-refractivity contribution < 1.29 is 0 Å². The minimum Gasteiger partial charge on any atom is -0.305 e. The second-order valence-corrected chi connectivity index (χ2v) is 5.22. The first-order chi connectivity index (χ1) is 8.22. The van der Waals surface area contributed by atoms with Crippen molar-refractivity contribution >= 4 is 23.4 Å². The summed E-state index contributed by atoms with van der Waals surface area (Å²) in [6.45, 7) is 2.16. The number of halogens is 1. The molecule has 0 saturated carbocycles. The summed E-state index contributed by atoms with van der Waals surface area (Å²) in [7, 11) is 1.99. The van der Waals surface area contributed by atoms with Gasteiger partial charge in [0.2, 0.25) is 0 Å². The van der Waals surface area contributed by atoms with Gasteiger partial charge in [-0.3, -0.25) is 0 Å². The molecule has 2 aromatic rings. The smallest absolute Gasteiger partial charge is 0.191 e. The summed E-state index contributed by atoms with van der Waals surface area (Å²) in [6, 6.07) is 7.65. The Morgan fingerprint density at radius 2 is 1.94 bits per heavy atom. The van der Waals surface area contributed by atoms with Crippen LogP contribution in [0.25, 0.3) is 11.4 Å². The van der Waals surface area contributed by atoms with E-state index < -0.39 is 0 Å². The fourth-order valence-electron chi connectivity index (χ4n) is 1.48. The van der Waals surface area contributed by atoms with Crippen LogP contribution < -0.4 is 0 Å². The van der Waals surface area contributed by atoms with E-state index in [0.29, 0.717) is 0 Å². The van der Waals surface area contributed by atoms with E-state index in [1.807, 2.05) is 35.9 Å². The van der Waals surface area contributed by atoms with Crippen molar-refractivity contribution in [1.29, 1.82) is 0 Å². The third kappa shape index (κ3) is 2.82. The van der Waals surface area contributed by atoms with Gasteiger partial charge in [-0.1, -0.05) is 30.3 Å². The summed E-state index contributed by atoms with van der Waals surface area (Å²) in [5.41, 5.74) is 1.03. The molecule has 0 radical (unpaired) electrons. The SMILES string of the molecule is CCCSc1nnc(-c2ccc(Cl)cc2)n1C. The van der Waals surface area contributed by atoms with E-state index in [-0.39, 0.29) is 0 Å². The predicted molar refractivity (Wildman–Crippen MR) is 72.5 cm³/mol. The molecule has 0 spiro atoms. The number of thioether (sulfide) groups is 1. The van der Waals surface area contributed by atoms with Gasteiger partial charge >= 0.3 is 0 Å². The van der Waals surface area contributed by atoms with Crippen molar-refractivity contribution in [3.8, 4) is 11.4 Å². The highest BCUT2D eigenvalue weighted by molar-refractivity contribution is 7.99. The Bertz CT molecular complexity index is 493. The molecule has 0 fully saturated rings. The van der Waals surface area contributed by atoms with Crippen LogP contribution >= 0.6 is 23.4 Å². The van der Waals surface area contributed by atoms with Crippen molar-refractivity contribution in [3.05, 3.63) is 29.3 Å². The Morgan fingerprint density at radius 3 is 2.59 bits per heavy atom. The zero-order valence-corrected chi connectivity index (χ0v) is 11.4. The van der Waals surface area contributed by atoms with Gasteiger partial charge in [0.05, 0.1) is 0 Å². The van der Waals surface area contributed by atoms with Crippen molar-refractivity contribution in [3.63, 3.8) is 0 Å². The molecule has 0 amide bonds. The Balaban J connectivity index is 2.27. The second-order valence-electron chi connectivity index (χ2n) is 3.72. The molecule has 1 aromatic heterocycles. The van der Waals surface area contributed by atoms with Crippen molar-refractivity contribution in [1.82, 2.24) is 14.8 Å². The molecule has 2 rings (SSSR count). The molecule has 90 valence electrons. The minimum atomic E-state index is 0.733. The van der Waals surface area contributed by atoms with Gasteiger partial charge in [-0.15, -0.1) is 10.2 Å². The molecule has 0 aliphatic rings. The molecule has 0 aliphatic heterocycles. The topological polar surface area (TPSA) is 30.7 Å². The van der Waals surface area contributed by atoms with E-state index >= 15 is 0 Å². The molecule has 0 N–H and O–H groups in total. The Hall–Kier alpha value is -1.00. The van der Waals surface area contributed by atoms with Gasteiger partial charge < -0.3 is 4.57 Å². The zero-order valence-electron chi connectivity index (χ0n) is 9.85. The number of aromatic nitrogens is 3. The highest BCUT2D eigenvalue weighted by Crippen LogP contribution is 2.23. The Kier molecular flexibility index (Phi) is 4.07. The third-order valence-corrected chi connectivity index (χ3v) is 3.85. The number of hydrogen-bond donors (Lipinski definition) is 0. The summed E-state index contributed by atoms with van der Waals surface area (Å²) in [5, 5.41) is 10.1. The first kappa shape index (κ1) is 12.5. The standard InChI is InChI=1S/C12H14ClN3S/c1-3-8-17-12-15-14-11(16(12)2)9-4-6-10(13)7-5-9/h4-7H,3,8H2,1-2H3. The van der Waals surface area contributed by atoms with E-state index in [9.17, 15) is 0 Å². The monoisotopic (exact) mass is 267 g/mol. The molecule has 3 nitrogen and oxygen atoms in total. The summed E-state index contributed by atoms with van der Waals surface area (Å²) in [4.78, 5) is 0. The molecule has 1 heterocycles. The molecule has 0 atom stereocenters. The van der Waals surface area contributed by atoms with E-state index in [1.54, 1.807) is 11.8 Å². The maximum Gasteiger partial charge on any atom is 0.191 e. The summed E-state index contributed by atoms with van der Waals surface area (Å²) < 4.78 is 2.02. The third-order valence-electron chi connectivity index (χ3n) is 2.37. The molecule has 0 aliphatic carbocycles. The Labute approximate surface area is 110 Å². The van der Waals surface area contributed by atoms with Gasteiger partial charge in [-0.2, -0.15) is 0 Å². The largest absolute Gasteiger partial charge is 0.305 e. The van der Waals surface area contributed by atoms with Crippen LogP contribution in [0.1, 0.15) is 13.3 Å². The summed E-state index contributed by atoms with van der Waals surface area (Å²) in [6.07, 6.45) is 1.13. The number of nitrogens with zero attached hydrogens (tertiary/aromatic N) is 3. The van der Waals surface area contributed by atoms with Gasteiger partial charge in [0.1, 0.15) is 0 Å². The summed E-state index contributed by atoms with van der Waals surface area (Å²) in [5.74, 6) is 1.94. The minimum absolute atomic E-state index is 0.733. The summed E-state index contributed by atoms with van der Waals surface area (Å²) >= 11 is 7.59. The van der Waals surface area contributed by atoms with E-state index in [4.69, 9.17) is 11.6 Å². The van der Waals surface area contributed by atoms with Gasteiger partial charge in [-0.05, 0) is 30.7 Å². The normalized spacial score (nSPS) is 10.8. The van der Waals surface area contributed by atoms with Crippen LogP contribution in [0.2, 0.25) is 5.02 Å². The average molecular weight is 268 g/mol. The highest BCUT2D eigenvalue weighted by atomic mass is 35.5. The zero-order chi connectivity index (χ0) is 12.3. The van der Waals surface area contributed by atoms with Crippen molar-refractivity contribution in [2.24, 2.45) is 7.05 Å². The van der Waals surface area contributed by atoms with Gasteiger partial charge in [0.15, 0.2) is 11.0 Å². The number of benzene rings is 1. The lowest BCUT2D eigenvalue weighted by atomic mass is 10.2. The molecule has 0 saturated heterocycles. The first-order valence-electron chi connectivity index (χ1n) is 5.50. The second kappa shape index (κ2) is 5.56. The van der Waals surface area contributed by atoms with Crippen LogP contribution in [0.3, 0.4) is 0 Å². The fourth-order valence-corrected chi connectivity index (χ4v) is 2.38. The van der Waals surface area contributed by atoms with E-state index in [1.165, 1.54) is 0 Å². The quantitative estimate of drug-likeness (QED) is 0.793. The van der Waals surface area contributed by atoms with Gasteiger partial charge in [0, 0.05) is 23.4 Å². The van der Waals surface area contributed by atoms with Crippen molar-refractivity contribution in [2.75, 3.05) is 5.75 Å². The number of hydrogen-bond acceptors (Lipinski definition) is 3.